The van der Waals surface area contributed by atoms with E-state index in [9.17, 15) is 4.79 Å². The lowest BCUT2D eigenvalue weighted by Crippen LogP contribution is -2.44. The standard InChI is InChI=1S/C17H23N5O/c1-11-9-16(20-19-11)18-17(23)15-6-4-14(5-7-15)10-22-13(3)8-12(2)21-22/h4-8,11,16,19-20H,9-10H2,1-3H3,(H,18,23). The lowest BCUT2D eigenvalue weighted by molar-refractivity contribution is 0.0932. The number of carbonyl (C=O) groups is 1. The summed E-state index contributed by atoms with van der Waals surface area (Å²) in [6.45, 7) is 6.83. The molecule has 23 heavy (non-hydrogen) atoms. The van der Waals surface area contributed by atoms with Gasteiger partial charge in [0.25, 0.3) is 5.91 Å². The molecule has 0 aliphatic carbocycles. The molecule has 0 spiro atoms. The van der Waals surface area contributed by atoms with Gasteiger partial charge in [-0.3, -0.25) is 14.9 Å². The van der Waals surface area contributed by atoms with E-state index < -0.39 is 0 Å². The molecule has 1 amide bonds. The smallest absolute Gasteiger partial charge is 0.252 e. The van der Waals surface area contributed by atoms with Crippen molar-refractivity contribution in [2.75, 3.05) is 0 Å². The second-order valence-electron chi connectivity index (χ2n) is 6.23. The molecule has 1 saturated heterocycles. The molecule has 1 aromatic carbocycles. The Morgan fingerprint density at radius 1 is 1.30 bits per heavy atom. The highest BCUT2D eigenvalue weighted by Gasteiger charge is 2.21. The summed E-state index contributed by atoms with van der Waals surface area (Å²) in [7, 11) is 0. The highest BCUT2D eigenvalue weighted by Crippen LogP contribution is 2.10. The molecule has 2 unspecified atom stereocenters. The van der Waals surface area contributed by atoms with Gasteiger partial charge in [0.15, 0.2) is 0 Å². The summed E-state index contributed by atoms with van der Waals surface area (Å²) >= 11 is 0. The van der Waals surface area contributed by atoms with Crippen LogP contribution in [0.3, 0.4) is 0 Å². The van der Waals surface area contributed by atoms with E-state index in [-0.39, 0.29) is 12.1 Å². The molecule has 122 valence electrons. The first kappa shape index (κ1) is 15.7. The van der Waals surface area contributed by atoms with E-state index in [2.05, 4.69) is 34.3 Å². The number of rotatable bonds is 4. The Balaban J connectivity index is 1.62. The maximum absolute atomic E-state index is 12.2. The molecule has 2 atom stereocenters. The van der Waals surface area contributed by atoms with Gasteiger partial charge in [-0.2, -0.15) is 5.10 Å². The highest BCUT2D eigenvalue weighted by atomic mass is 16.1. The molecule has 1 aliphatic heterocycles. The number of nitrogens with one attached hydrogen (secondary N) is 3. The Morgan fingerprint density at radius 2 is 2.04 bits per heavy atom. The molecule has 0 radical (unpaired) electrons. The minimum absolute atomic E-state index is 0.0214. The average molecular weight is 313 g/mol. The van der Waals surface area contributed by atoms with Gasteiger partial charge in [0, 0.05) is 17.3 Å². The topological polar surface area (TPSA) is 71.0 Å². The zero-order valence-corrected chi connectivity index (χ0v) is 13.8. The third kappa shape index (κ3) is 3.78. The molecule has 0 saturated carbocycles. The van der Waals surface area contributed by atoms with Crippen molar-refractivity contribution in [2.24, 2.45) is 0 Å². The molecule has 2 aromatic rings. The quantitative estimate of drug-likeness (QED) is 0.800. The number of amides is 1. The third-order valence-corrected chi connectivity index (χ3v) is 4.05. The minimum atomic E-state index is -0.0592. The summed E-state index contributed by atoms with van der Waals surface area (Å²) in [6, 6.07) is 10.1. The number of aryl methyl sites for hydroxylation is 2. The van der Waals surface area contributed by atoms with Crippen LogP contribution < -0.4 is 16.2 Å². The minimum Gasteiger partial charge on any atom is -0.335 e. The second-order valence-corrected chi connectivity index (χ2v) is 6.23. The number of nitrogens with zero attached hydrogens (tertiary/aromatic N) is 2. The zero-order chi connectivity index (χ0) is 16.4. The van der Waals surface area contributed by atoms with Crippen LogP contribution in [0.25, 0.3) is 0 Å². The van der Waals surface area contributed by atoms with E-state index >= 15 is 0 Å². The number of hydrogen-bond acceptors (Lipinski definition) is 4. The van der Waals surface area contributed by atoms with E-state index in [1.54, 1.807) is 0 Å². The van der Waals surface area contributed by atoms with Crippen molar-refractivity contribution in [1.29, 1.82) is 0 Å². The lowest BCUT2D eigenvalue weighted by atomic mass is 10.1. The van der Waals surface area contributed by atoms with E-state index in [0.717, 1.165) is 23.4 Å². The molecule has 6 nitrogen and oxygen atoms in total. The van der Waals surface area contributed by atoms with Gasteiger partial charge in [0.1, 0.15) is 0 Å². The summed E-state index contributed by atoms with van der Waals surface area (Å²) in [5.41, 5.74) is 10.1. The van der Waals surface area contributed by atoms with Crippen molar-refractivity contribution in [3.05, 3.63) is 52.8 Å². The number of hydrazine groups is 1. The molecule has 3 rings (SSSR count). The van der Waals surface area contributed by atoms with Crippen LogP contribution in [0.1, 0.15) is 40.7 Å². The van der Waals surface area contributed by atoms with E-state index in [0.29, 0.717) is 18.2 Å². The third-order valence-electron chi connectivity index (χ3n) is 4.05. The molecular weight excluding hydrogens is 290 g/mol. The van der Waals surface area contributed by atoms with Gasteiger partial charge >= 0.3 is 0 Å². The van der Waals surface area contributed by atoms with Gasteiger partial charge in [0.05, 0.1) is 18.4 Å². The molecule has 1 aromatic heterocycles. The molecule has 6 heteroatoms. The predicted molar refractivity (Wildman–Crippen MR) is 88.8 cm³/mol. The normalized spacial score (nSPS) is 20.7. The van der Waals surface area contributed by atoms with Crippen LogP contribution in [-0.4, -0.2) is 27.9 Å². The molecule has 1 fully saturated rings. The van der Waals surface area contributed by atoms with Crippen molar-refractivity contribution >= 4 is 5.91 Å². The fourth-order valence-corrected chi connectivity index (χ4v) is 2.82. The summed E-state index contributed by atoms with van der Waals surface area (Å²) in [4.78, 5) is 12.2. The Kier molecular flexibility index (Phi) is 4.45. The van der Waals surface area contributed by atoms with E-state index in [1.165, 1.54) is 0 Å². The monoisotopic (exact) mass is 313 g/mol. The van der Waals surface area contributed by atoms with Crippen LogP contribution in [0.5, 0.6) is 0 Å². The van der Waals surface area contributed by atoms with Gasteiger partial charge in [-0.1, -0.05) is 12.1 Å². The highest BCUT2D eigenvalue weighted by molar-refractivity contribution is 5.94. The average Bonchev–Trinajstić information content (AvgIpc) is 3.05. The zero-order valence-electron chi connectivity index (χ0n) is 13.8. The Labute approximate surface area is 136 Å². The number of carbonyl (C=O) groups excluding carboxylic acids is 1. The van der Waals surface area contributed by atoms with Crippen molar-refractivity contribution in [3.63, 3.8) is 0 Å². The molecule has 1 aliphatic rings. The maximum Gasteiger partial charge on any atom is 0.252 e. The SMILES string of the molecule is Cc1cc(C)n(Cc2ccc(C(=O)NC3CC(C)NN3)cc2)n1. The van der Waals surface area contributed by atoms with Gasteiger partial charge in [0.2, 0.25) is 0 Å². The molecule has 2 heterocycles. The second kappa shape index (κ2) is 6.52. The number of benzene rings is 1. The Morgan fingerprint density at radius 3 is 2.61 bits per heavy atom. The number of aromatic nitrogens is 2. The fraction of sp³-hybridized carbons (Fsp3) is 0.412. The van der Waals surface area contributed by atoms with Crippen LogP contribution in [0.15, 0.2) is 30.3 Å². The molecular formula is C17H23N5O. The van der Waals surface area contributed by atoms with Gasteiger partial charge in [-0.05, 0) is 51.0 Å². The van der Waals surface area contributed by atoms with Crippen LogP contribution >= 0.6 is 0 Å². The lowest BCUT2D eigenvalue weighted by Gasteiger charge is -2.12. The largest absolute Gasteiger partial charge is 0.335 e. The number of hydrogen-bond donors (Lipinski definition) is 3. The summed E-state index contributed by atoms with van der Waals surface area (Å²) in [5, 5.41) is 7.44. The van der Waals surface area contributed by atoms with E-state index in [1.807, 2.05) is 42.8 Å². The van der Waals surface area contributed by atoms with Crippen LogP contribution in [-0.2, 0) is 6.54 Å². The van der Waals surface area contributed by atoms with Crippen LogP contribution in [0.2, 0.25) is 0 Å². The molecule has 0 bridgehead atoms. The van der Waals surface area contributed by atoms with Gasteiger partial charge in [-0.25, -0.2) is 5.43 Å². The Bertz CT molecular complexity index is 692. The van der Waals surface area contributed by atoms with Crippen molar-refractivity contribution in [2.45, 2.75) is 45.9 Å². The first-order valence-electron chi connectivity index (χ1n) is 7.93. The first-order valence-corrected chi connectivity index (χ1v) is 7.93. The van der Waals surface area contributed by atoms with Crippen LogP contribution in [0.4, 0.5) is 0 Å². The van der Waals surface area contributed by atoms with Crippen molar-refractivity contribution in [3.8, 4) is 0 Å². The molecule has 3 N–H and O–H groups in total. The summed E-state index contributed by atoms with van der Waals surface area (Å²) in [6.07, 6.45) is 0.855. The Hall–Kier alpha value is -2.18. The maximum atomic E-state index is 12.2. The van der Waals surface area contributed by atoms with E-state index in [4.69, 9.17) is 0 Å². The predicted octanol–water partition coefficient (Wildman–Crippen LogP) is 1.49. The van der Waals surface area contributed by atoms with Gasteiger partial charge in [-0.15, -0.1) is 0 Å². The first-order chi connectivity index (χ1) is 11.0. The van der Waals surface area contributed by atoms with Crippen LogP contribution in [0, 0.1) is 13.8 Å². The van der Waals surface area contributed by atoms with Gasteiger partial charge < -0.3 is 5.32 Å². The summed E-state index contributed by atoms with van der Waals surface area (Å²) in [5.74, 6) is -0.0592. The summed E-state index contributed by atoms with van der Waals surface area (Å²) < 4.78 is 1.97. The fourth-order valence-electron chi connectivity index (χ4n) is 2.82. The van der Waals surface area contributed by atoms with Crippen molar-refractivity contribution < 1.29 is 4.79 Å². The van der Waals surface area contributed by atoms with Crippen molar-refractivity contribution in [1.82, 2.24) is 25.9 Å².